The molecule has 0 bridgehead atoms. The molecule has 1 aliphatic heterocycles. The molecule has 2 aromatic heterocycles. The fourth-order valence-electron chi connectivity index (χ4n) is 3.54. The third kappa shape index (κ3) is 3.76. The summed E-state index contributed by atoms with van der Waals surface area (Å²) in [4.78, 5) is 33.3. The van der Waals surface area contributed by atoms with Gasteiger partial charge in [-0.15, -0.1) is 0 Å². The minimum absolute atomic E-state index is 0.0161. The van der Waals surface area contributed by atoms with Crippen LogP contribution in [0.3, 0.4) is 0 Å². The van der Waals surface area contributed by atoms with Gasteiger partial charge in [0.15, 0.2) is 0 Å². The number of anilines is 1. The second kappa shape index (κ2) is 7.72. The predicted octanol–water partition coefficient (Wildman–Crippen LogP) is 4.33. The van der Waals surface area contributed by atoms with Gasteiger partial charge < -0.3 is 15.2 Å². The predicted molar refractivity (Wildman–Crippen MR) is 115 cm³/mol. The summed E-state index contributed by atoms with van der Waals surface area (Å²) < 4.78 is 0. The van der Waals surface area contributed by atoms with Gasteiger partial charge in [-0.3, -0.25) is 9.59 Å². The van der Waals surface area contributed by atoms with Crippen LogP contribution in [0.2, 0.25) is 5.02 Å². The summed E-state index contributed by atoms with van der Waals surface area (Å²) in [5, 5.41) is 4.42. The topological polar surface area (TPSA) is 78.1 Å². The Kier molecular flexibility index (Phi) is 5.11. The summed E-state index contributed by atoms with van der Waals surface area (Å²) in [6.45, 7) is 1.98. The molecule has 0 saturated carbocycles. The van der Waals surface area contributed by atoms with E-state index < -0.39 is 0 Å². The molecule has 0 radical (unpaired) electrons. The minimum atomic E-state index is -0.128. The molecular weight excluding hydrogens is 388 g/mol. The lowest BCUT2D eigenvalue weighted by Gasteiger charge is -2.23. The normalized spacial score (nSPS) is 14.7. The Morgan fingerprint density at radius 3 is 3.00 bits per heavy atom. The molecule has 2 amide bonds. The summed E-state index contributed by atoms with van der Waals surface area (Å²) in [6.07, 6.45) is 7.96. The molecule has 0 aliphatic carbocycles. The molecule has 2 N–H and O–H groups in total. The maximum atomic E-state index is 12.7. The van der Waals surface area contributed by atoms with Crippen LogP contribution in [0.4, 0.5) is 5.82 Å². The number of nitrogens with zero attached hydrogens (tertiary/aromatic N) is 2. The van der Waals surface area contributed by atoms with Crippen molar-refractivity contribution < 1.29 is 9.59 Å². The van der Waals surface area contributed by atoms with E-state index in [0.29, 0.717) is 23.7 Å². The van der Waals surface area contributed by atoms with Crippen LogP contribution in [0, 0.1) is 0 Å². The van der Waals surface area contributed by atoms with Crippen LogP contribution in [0.1, 0.15) is 36.1 Å². The molecule has 1 aromatic carbocycles. The van der Waals surface area contributed by atoms with Crippen molar-refractivity contribution in [3.8, 4) is 0 Å². The number of fused-ring (bicyclic) bond motifs is 2. The fraction of sp³-hybridized carbons (Fsp3) is 0.227. The lowest BCUT2D eigenvalue weighted by atomic mass is 10.0. The number of para-hydroxylation sites is 1. The Balaban J connectivity index is 1.50. The van der Waals surface area contributed by atoms with Crippen LogP contribution in [0.5, 0.6) is 0 Å². The SMILES string of the molecule is CC(c1c[nH]c2c(Cl)cccc12)N(C)C(=O)C=Cc1cnc2c(c1)CCC(=O)N2. The molecule has 0 spiro atoms. The van der Waals surface area contributed by atoms with Crippen LogP contribution in [-0.4, -0.2) is 33.7 Å². The van der Waals surface area contributed by atoms with Crippen molar-refractivity contribution in [2.24, 2.45) is 0 Å². The lowest BCUT2D eigenvalue weighted by Crippen LogP contribution is -2.27. The summed E-state index contributed by atoms with van der Waals surface area (Å²) in [7, 11) is 1.78. The summed E-state index contributed by atoms with van der Waals surface area (Å²) in [6, 6.07) is 7.56. The van der Waals surface area contributed by atoms with Gasteiger partial charge in [-0.2, -0.15) is 0 Å². The fourth-order valence-corrected chi connectivity index (χ4v) is 3.76. The van der Waals surface area contributed by atoms with Crippen LogP contribution >= 0.6 is 11.6 Å². The van der Waals surface area contributed by atoms with Gasteiger partial charge >= 0.3 is 0 Å². The van der Waals surface area contributed by atoms with Gasteiger partial charge in [0.25, 0.3) is 0 Å². The van der Waals surface area contributed by atoms with E-state index in [1.165, 1.54) is 0 Å². The molecule has 6 nitrogen and oxygen atoms in total. The molecule has 3 aromatic rings. The standard InChI is InChI=1S/C22H21ClN4O2/c1-13(17-12-24-21-16(17)4-3-5-18(21)23)27(2)20(29)9-6-14-10-15-7-8-19(28)26-22(15)25-11-14/h3-6,9-13,24H,7-8H2,1-2H3,(H,25,26,28). The van der Waals surface area contributed by atoms with Crippen molar-refractivity contribution in [1.29, 1.82) is 0 Å². The zero-order valence-corrected chi connectivity index (χ0v) is 17.0. The minimum Gasteiger partial charge on any atom is -0.360 e. The van der Waals surface area contributed by atoms with E-state index in [1.54, 1.807) is 30.3 Å². The van der Waals surface area contributed by atoms with Gasteiger partial charge in [-0.25, -0.2) is 4.98 Å². The number of carbonyl (C=O) groups is 2. The van der Waals surface area contributed by atoms with Crippen molar-refractivity contribution in [2.75, 3.05) is 12.4 Å². The summed E-state index contributed by atoms with van der Waals surface area (Å²) >= 11 is 6.24. The van der Waals surface area contributed by atoms with E-state index in [2.05, 4.69) is 15.3 Å². The van der Waals surface area contributed by atoms with E-state index >= 15 is 0 Å². The maximum Gasteiger partial charge on any atom is 0.246 e. The molecule has 4 rings (SSSR count). The first-order chi connectivity index (χ1) is 13.9. The van der Waals surface area contributed by atoms with Crippen molar-refractivity contribution in [2.45, 2.75) is 25.8 Å². The number of aryl methyl sites for hydroxylation is 1. The number of aromatic amines is 1. The molecule has 7 heteroatoms. The largest absolute Gasteiger partial charge is 0.360 e. The molecule has 1 unspecified atom stereocenters. The first-order valence-corrected chi connectivity index (χ1v) is 9.81. The van der Waals surface area contributed by atoms with E-state index in [9.17, 15) is 9.59 Å². The van der Waals surface area contributed by atoms with E-state index in [-0.39, 0.29) is 17.9 Å². The zero-order chi connectivity index (χ0) is 20.5. The Labute approximate surface area is 173 Å². The third-order valence-corrected chi connectivity index (χ3v) is 5.68. The van der Waals surface area contributed by atoms with Crippen molar-refractivity contribution >= 4 is 46.2 Å². The highest BCUT2D eigenvalue weighted by atomic mass is 35.5. The molecule has 3 heterocycles. The average Bonchev–Trinajstić information content (AvgIpc) is 3.16. The summed E-state index contributed by atoms with van der Waals surface area (Å²) in [5.74, 6) is 0.478. The number of benzene rings is 1. The van der Waals surface area contributed by atoms with Crippen LogP contribution in [0.15, 0.2) is 42.7 Å². The number of amides is 2. The summed E-state index contributed by atoms with van der Waals surface area (Å²) in [5.41, 5.74) is 3.70. The highest BCUT2D eigenvalue weighted by Crippen LogP contribution is 2.31. The number of H-pyrrole nitrogens is 1. The van der Waals surface area contributed by atoms with Crippen molar-refractivity contribution in [3.63, 3.8) is 0 Å². The Bertz CT molecular complexity index is 1140. The van der Waals surface area contributed by atoms with Gasteiger partial charge in [-0.05, 0) is 48.2 Å². The molecule has 1 aliphatic rings. The number of nitrogens with one attached hydrogen (secondary N) is 2. The Morgan fingerprint density at radius 1 is 1.34 bits per heavy atom. The number of carbonyl (C=O) groups excluding carboxylic acids is 2. The first kappa shape index (κ1) is 19.2. The molecule has 29 heavy (non-hydrogen) atoms. The van der Waals surface area contributed by atoms with Crippen LogP contribution in [-0.2, 0) is 16.0 Å². The van der Waals surface area contributed by atoms with E-state index in [0.717, 1.165) is 27.6 Å². The molecule has 0 saturated heterocycles. The van der Waals surface area contributed by atoms with E-state index in [1.807, 2.05) is 37.4 Å². The average molecular weight is 409 g/mol. The zero-order valence-electron chi connectivity index (χ0n) is 16.2. The number of likely N-dealkylation sites (N-methyl/N-ethyl adjacent to an activating group) is 1. The van der Waals surface area contributed by atoms with Gasteiger partial charge in [0.1, 0.15) is 5.82 Å². The van der Waals surface area contributed by atoms with Crippen molar-refractivity contribution in [1.82, 2.24) is 14.9 Å². The second-order valence-electron chi connectivity index (χ2n) is 7.19. The third-order valence-electron chi connectivity index (χ3n) is 5.36. The number of halogens is 1. The molecule has 0 fully saturated rings. The smallest absolute Gasteiger partial charge is 0.246 e. The van der Waals surface area contributed by atoms with Crippen LogP contribution < -0.4 is 5.32 Å². The van der Waals surface area contributed by atoms with Gasteiger partial charge in [-0.1, -0.05) is 23.7 Å². The molecular formula is C22H21ClN4O2. The number of hydrogen-bond donors (Lipinski definition) is 2. The highest BCUT2D eigenvalue weighted by Gasteiger charge is 2.20. The van der Waals surface area contributed by atoms with Gasteiger partial charge in [0.05, 0.1) is 16.6 Å². The highest BCUT2D eigenvalue weighted by molar-refractivity contribution is 6.35. The maximum absolute atomic E-state index is 12.7. The van der Waals surface area contributed by atoms with Gasteiger partial charge in [0, 0.05) is 37.3 Å². The number of aromatic nitrogens is 2. The van der Waals surface area contributed by atoms with Gasteiger partial charge in [0.2, 0.25) is 11.8 Å². The monoisotopic (exact) mass is 408 g/mol. The molecule has 1 atom stereocenters. The Hall–Kier alpha value is -3.12. The molecule has 148 valence electrons. The lowest BCUT2D eigenvalue weighted by molar-refractivity contribution is -0.126. The van der Waals surface area contributed by atoms with Crippen LogP contribution in [0.25, 0.3) is 17.0 Å². The quantitative estimate of drug-likeness (QED) is 0.630. The van der Waals surface area contributed by atoms with E-state index in [4.69, 9.17) is 11.6 Å². The number of rotatable bonds is 4. The Morgan fingerprint density at radius 2 is 2.17 bits per heavy atom. The number of pyridine rings is 1. The second-order valence-corrected chi connectivity index (χ2v) is 7.60. The number of hydrogen-bond acceptors (Lipinski definition) is 3. The first-order valence-electron chi connectivity index (χ1n) is 9.43. The van der Waals surface area contributed by atoms with Crippen molar-refractivity contribution in [3.05, 3.63) is 64.4 Å².